The van der Waals surface area contributed by atoms with Gasteiger partial charge in [0.25, 0.3) is 0 Å². The van der Waals surface area contributed by atoms with Crippen LogP contribution in [0.2, 0.25) is 0 Å². The Hall–Kier alpha value is -1.04. The summed E-state index contributed by atoms with van der Waals surface area (Å²) in [4.78, 5) is 15.1. The summed E-state index contributed by atoms with van der Waals surface area (Å²) in [6, 6.07) is 8.87. The number of hydrogen-bond acceptors (Lipinski definition) is 4. The Kier molecular flexibility index (Phi) is 5.11. The molecule has 2 saturated heterocycles. The first-order valence-corrected chi connectivity index (χ1v) is 10.3. The third kappa shape index (κ3) is 3.35. The molecule has 3 aliphatic rings. The Balaban J connectivity index is 1.50. The van der Waals surface area contributed by atoms with Crippen molar-refractivity contribution in [3.05, 3.63) is 29.8 Å². The van der Waals surface area contributed by atoms with Gasteiger partial charge in [-0.2, -0.15) is 11.8 Å². The molecule has 0 saturated carbocycles. The molecule has 1 N–H and O–H groups in total. The van der Waals surface area contributed by atoms with Crippen LogP contribution in [0.15, 0.2) is 24.3 Å². The Morgan fingerprint density at radius 1 is 1.38 bits per heavy atom. The van der Waals surface area contributed by atoms with Gasteiger partial charge in [-0.05, 0) is 36.6 Å². The molecule has 1 aromatic rings. The maximum absolute atomic E-state index is 13.1. The van der Waals surface area contributed by atoms with Gasteiger partial charge in [-0.25, -0.2) is 0 Å². The number of para-hydroxylation sites is 1. The van der Waals surface area contributed by atoms with E-state index in [-0.39, 0.29) is 5.92 Å². The Morgan fingerprint density at radius 2 is 2.29 bits per heavy atom. The first-order valence-electron chi connectivity index (χ1n) is 9.12. The predicted octanol–water partition coefficient (Wildman–Crippen LogP) is 2.64. The van der Waals surface area contributed by atoms with E-state index in [2.05, 4.69) is 34.5 Å². The normalized spacial score (nSPS) is 30.2. The van der Waals surface area contributed by atoms with Crippen LogP contribution in [0.5, 0.6) is 0 Å². The van der Waals surface area contributed by atoms with Gasteiger partial charge in [0.1, 0.15) is 0 Å². The lowest BCUT2D eigenvalue weighted by Gasteiger charge is -2.28. The molecular formula is C19H26N2O2S. The zero-order valence-corrected chi connectivity index (χ0v) is 14.9. The van der Waals surface area contributed by atoms with Crippen molar-refractivity contribution in [3.8, 4) is 0 Å². The number of nitrogens with zero attached hydrogens (tertiary/aromatic N) is 1. The molecule has 0 radical (unpaired) electrons. The molecule has 0 aromatic heterocycles. The summed E-state index contributed by atoms with van der Waals surface area (Å²) < 4.78 is 5.60. The van der Waals surface area contributed by atoms with Gasteiger partial charge >= 0.3 is 0 Å². The van der Waals surface area contributed by atoms with Gasteiger partial charge in [-0.1, -0.05) is 18.2 Å². The smallest absolute Gasteiger partial charge is 0.230 e. The number of hydrogen-bond donors (Lipinski definition) is 1. The largest absolute Gasteiger partial charge is 0.379 e. The minimum absolute atomic E-state index is 0.201. The summed E-state index contributed by atoms with van der Waals surface area (Å²) in [5, 5.41) is 3.55. The van der Waals surface area contributed by atoms with Crippen LogP contribution in [-0.2, 0) is 9.53 Å². The van der Waals surface area contributed by atoms with Gasteiger partial charge in [0.05, 0.1) is 13.2 Å². The number of carbonyl (C=O) groups is 1. The van der Waals surface area contributed by atoms with E-state index in [1.54, 1.807) is 0 Å². The average molecular weight is 346 g/mol. The molecule has 24 heavy (non-hydrogen) atoms. The van der Waals surface area contributed by atoms with Gasteiger partial charge in [-0.15, -0.1) is 0 Å². The fourth-order valence-electron chi connectivity index (χ4n) is 4.18. The molecule has 1 amide bonds. The summed E-state index contributed by atoms with van der Waals surface area (Å²) >= 11 is 1.93. The highest BCUT2D eigenvalue weighted by atomic mass is 32.2. The molecule has 3 heterocycles. The van der Waals surface area contributed by atoms with E-state index in [0.717, 1.165) is 50.6 Å². The van der Waals surface area contributed by atoms with Crippen LogP contribution in [0.4, 0.5) is 5.69 Å². The summed E-state index contributed by atoms with van der Waals surface area (Å²) in [7, 11) is 0. The lowest BCUT2D eigenvalue weighted by Crippen LogP contribution is -2.43. The molecule has 3 aliphatic heterocycles. The van der Waals surface area contributed by atoms with Crippen molar-refractivity contribution >= 4 is 23.4 Å². The Bertz CT molecular complexity index is 582. The highest BCUT2D eigenvalue weighted by Gasteiger charge is 2.36. The molecular weight excluding hydrogens is 320 g/mol. The second kappa shape index (κ2) is 7.46. The Labute approximate surface area is 148 Å². The molecule has 1 aromatic carbocycles. The molecule has 3 unspecified atom stereocenters. The van der Waals surface area contributed by atoms with Gasteiger partial charge in [0, 0.05) is 42.4 Å². The van der Waals surface area contributed by atoms with Crippen LogP contribution in [-0.4, -0.2) is 49.8 Å². The van der Waals surface area contributed by atoms with E-state index in [0.29, 0.717) is 17.9 Å². The standard InChI is InChI=1S/C19H26N2O2S/c22-19(14-4-3-9-24-13-14)21-11-15(10-16-12-23-8-7-20-16)17-5-1-2-6-18(17)21/h1-2,5-6,14-16,20H,3-4,7-13H2. The zero-order valence-electron chi connectivity index (χ0n) is 14.1. The maximum atomic E-state index is 13.1. The van der Waals surface area contributed by atoms with Crippen LogP contribution >= 0.6 is 11.8 Å². The van der Waals surface area contributed by atoms with Crippen molar-refractivity contribution in [2.24, 2.45) is 5.92 Å². The van der Waals surface area contributed by atoms with Crippen molar-refractivity contribution in [3.63, 3.8) is 0 Å². The highest BCUT2D eigenvalue weighted by molar-refractivity contribution is 7.99. The van der Waals surface area contributed by atoms with Crippen molar-refractivity contribution < 1.29 is 9.53 Å². The molecule has 2 fully saturated rings. The lowest BCUT2D eigenvalue weighted by molar-refractivity contribution is -0.121. The van der Waals surface area contributed by atoms with Crippen molar-refractivity contribution in [2.45, 2.75) is 31.2 Å². The third-order valence-electron chi connectivity index (χ3n) is 5.41. The van der Waals surface area contributed by atoms with Crippen LogP contribution in [0, 0.1) is 5.92 Å². The number of morpholine rings is 1. The predicted molar refractivity (Wildman–Crippen MR) is 98.8 cm³/mol. The highest BCUT2D eigenvalue weighted by Crippen LogP contribution is 2.40. The summed E-state index contributed by atoms with van der Waals surface area (Å²) in [5.41, 5.74) is 2.47. The van der Waals surface area contributed by atoms with E-state index >= 15 is 0 Å². The number of ether oxygens (including phenoxy) is 1. The summed E-state index contributed by atoms with van der Waals surface area (Å²) in [6.07, 6.45) is 3.26. The van der Waals surface area contributed by atoms with Crippen LogP contribution < -0.4 is 10.2 Å². The van der Waals surface area contributed by atoms with Crippen LogP contribution in [0.3, 0.4) is 0 Å². The van der Waals surface area contributed by atoms with Crippen LogP contribution in [0.1, 0.15) is 30.7 Å². The summed E-state index contributed by atoms with van der Waals surface area (Å²) in [5.74, 6) is 3.15. The number of fused-ring (bicyclic) bond motifs is 1. The number of carbonyl (C=O) groups excluding carboxylic acids is 1. The average Bonchev–Trinajstić information content (AvgIpc) is 3.01. The lowest BCUT2D eigenvalue weighted by atomic mass is 9.94. The third-order valence-corrected chi connectivity index (χ3v) is 6.63. The fraction of sp³-hybridized carbons (Fsp3) is 0.632. The van der Waals surface area contributed by atoms with E-state index in [4.69, 9.17) is 4.74 Å². The van der Waals surface area contributed by atoms with Crippen molar-refractivity contribution in [1.82, 2.24) is 5.32 Å². The molecule has 0 aliphatic carbocycles. The second-order valence-electron chi connectivity index (χ2n) is 7.08. The molecule has 0 spiro atoms. The van der Waals surface area contributed by atoms with Gasteiger partial charge < -0.3 is 15.0 Å². The van der Waals surface area contributed by atoms with E-state index in [1.165, 1.54) is 17.7 Å². The van der Waals surface area contributed by atoms with Crippen molar-refractivity contribution in [1.29, 1.82) is 0 Å². The van der Waals surface area contributed by atoms with Gasteiger partial charge in [0.15, 0.2) is 0 Å². The molecule has 3 atom stereocenters. The number of anilines is 1. The first kappa shape index (κ1) is 16.4. The monoisotopic (exact) mass is 346 g/mol. The molecule has 4 rings (SSSR count). The van der Waals surface area contributed by atoms with E-state index in [1.807, 2.05) is 11.8 Å². The molecule has 0 bridgehead atoms. The fourth-order valence-corrected chi connectivity index (χ4v) is 5.31. The number of benzene rings is 1. The number of nitrogens with one attached hydrogen (secondary N) is 1. The molecule has 4 nitrogen and oxygen atoms in total. The Morgan fingerprint density at radius 3 is 3.08 bits per heavy atom. The zero-order chi connectivity index (χ0) is 16.4. The number of thioether (sulfide) groups is 1. The van der Waals surface area contributed by atoms with Gasteiger partial charge in [0.2, 0.25) is 5.91 Å². The quantitative estimate of drug-likeness (QED) is 0.914. The van der Waals surface area contributed by atoms with E-state index < -0.39 is 0 Å². The van der Waals surface area contributed by atoms with Crippen molar-refractivity contribution in [2.75, 3.05) is 42.7 Å². The summed E-state index contributed by atoms with van der Waals surface area (Å²) in [6.45, 7) is 3.35. The maximum Gasteiger partial charge on any atom is 0.230 e. The van der Waals surface area contributed by atoms with Gasteiger partial charge in [-0.3, -0.25) is 4.79 Å². The number of amides is 1. The first-order chi connectivity index (χ1) is 11.8. The molecule has 130 valence electrons. The molecule has 5 heteroatoms. The second-order valence-corrected chi connectivity index (χ2v) is 8.23. The minimum atomic E-state index is 0.201. The SMILES string of the molecule is O=C(C1CCCSC1)N1CC(CC2COCCN2)c2ccccc21. The number of rotatable bonds is 3. The minimum Gasteiger partial charge on any atom is -0.379 e. The van der Waals surface area contributed by atoms with E-state index in [9.17, 15) is 4.79 Å². The topological polar surface area (TPSA) is 41.6 Å². The van der Waals surface area contributed by atoms with Crippen LogP contribution in [0.25, 0.3) is 0 Å².